The number of carbonyl (C=O) groups excluding carboxylic acids is 2. The van der Waals surface area contributed by atoms with Crippen molar-refractivity contribution in [1.82, 2.24) is 10.4 Å². The molecule has 1 unspecified atom stereocenters. The van der Waals surface area contributed by atoms with E-state index in [0.717, 1.165) is 29.7 Å². The van der Waals surface area contributed by atoms with E-state index in [2.05, 4.69) is 25.1 Å². The molecule has 2 N–H and O–H groups in total. The number of nitrogens with one attached hydrogen (secondary N) is 1. The Morgan fingerprint density at radius 3 is 2.81 bits per heavy atom. The van der Waals surface area contributed by atoms with Gasteiger partial charge in [0, 0.05) is 18.7 Å². The lowest BCUT2D eigenvalue weighted by Crippen LogP contribution is -2.35. The number of carbonyl (C=O) groups is 2. The van der Waals surface area contributed by atoms with Gasteiger partial charge in [0.2, 0.25) is 5.91 Å². The summed E-state index contributed by atoms with van der Waals surface area (Å²) in [7, 11) is 0. The molecule has 1 heterocycles. The molecule has 2 aromatic rings. The smallest absolute Gasteiger partial charge is 0.274 e. The lowest BCUT2D eigenvalue weighted by molar-refractivity contribution is -0.136. The zero-order valence-corrected chi connectivity index (χ0v) is 14.8. The summed E-state index contributed by atoms with van der Waals surface area (Å²) in [4.78, 5) is 27.1. The van der Waals surface area contributed by atoms with E-state index < -0.39 is 11.3 Å². The van der Waals surface area contributed by atoms with Gasteiger partial charge in [0.05, 0.1) is 5.41 Å². The Kier molecular flexibility index (Phi) is 4.04. The summed E-state index contributed by atoms with van der Waals surface area (Å²) in [6.45, 7) is 3.42. The number of rotatable bonds is 3. The lowest BCUT2D eigenvalue weighted by Gasteiger charge is -2.23. The van der Waals surface area contributed by atoms with Gasteiger partial charge >= 0.3 is 0 Å². The highest BCUT2D eigenvalue weighted by Crippen LogP contribution is 2.46. The summed E-state index contributed by atoms with van der Waals surface area (Å²) in [6.07, 6.45) is 2.03. The molecule has 134 valence electrons. The van der Waals surface area contributed by atoms with Gasteiger partial charge in [-0.05, 0) is 48.9 Å². The molecule has 2 amide bonds. The predicted molar refractivity (Wildman–Crippen MR) is 96.7 cm³/mol. The fraction of sp³-hybridized carbons (Fsp3) is 0.333. The zero-order chi connectivity index (χ0) is 18.3. The Bertz CT molecular complexity index is 893. The van der Waals surface area contributed by atoms with Crippen LogP contribution in [-0.4, -0.2) is 28.5 Å². The molecule has 5 nitrogen and oxygen atoms in total. The Balaban J connectivity index is 1.57. The summed E-state index contributed by atoms with van der Waals surface area (Å²) >= 11 is 0. The molecule has 0 radical (unpaired) electrons. The van der Waals surface area contributed by atoms with Gasteiger partial charge in [0.1, 0.15) is 0 Å². The monoisotopic (exact) mass is 350 g/mol. The van der Waals surface area contributed by atoms with Gasteiger partial charge in [-0.2, -0.15) is 0 Å². The SMILES string of the molecule is Cc1cccc(CN2CCC3(Cc4cccc(C(=O)NO)c4C3)C2=O)c1. The standard InChI is InChI=1S/C21H22N2O3/c1-14-4-2-5-15(10-14)13-23-9-8-21(20(23)25)11-16-6-3-7-17(18(16)12-21)19(24)22-26/h2-7,10,26H,8-9,11-13H2,1H3,(H,22,24). The number of aryl methyl sites for hydroxylation is 1. The van der Waals surface area contributed by atoms with Crippen LogP contribution in [0, 0.1) is 12.3 Å². The summed E-state index contributed by atoms with van der Waals surface area (Å²) in [5.41, 5.74) is 6.00. The first-order valence-electron chi connectivity index (χ1n) is 8.92. The highest BCUT2D eigenvalue weighted by Gasteiger charge is 2.50. The maximum atomic E-state index is 13.2. The number of nitrogens with zero attached hydrogens (tertiary/aromatic N) is 1. The second-order valence-corrected chi connectivity index (χ2v) is 7.48. The molecule has 26 heavy (non-hydrogen) atoms. The average Bonchev–Trinajstić information content (AvgIpc) is 3.16. The van der Waals surface area contributed by atoms with E-state index in [9.17, 15) is 9.59 Å². The van der Waals surface area contributed by atoms with Gasteiger partial charge in [-0.25, -0.2) is 5.48 Å². The quantitative estimate of drug-likeness (QED) is 0.660. The number of fused-ring (bicyclic) bond motifs is 1. The molecule has 5 heteroatoms. The van der Waals surface area contributed by atoms with E-state index in [1.165, 1.54) is 5.56 Å². The molecule has 1 atom stereocenters. The molecule has 1 saturated heterocycles. The first-order chi connectivity index (χ1) is 12.5. The molecule has 1 fully saturated rings. The van der Waals surface area contributed by atoms with Crippen molar-refractivity contribution in [1.29, 1.82) is 0 Å². The third-order valence-corrected chi connectivity index (χ3v) is 5.72. The molecule has 0 saturated carbocycles. The second kappa shape index (κ2) is 6.25. The van der Waals surface area contributed by atoms with Gasteiger partial charge in [-0.3, -0.25) is 14.8 Å². The number of hydrogen-bond acceptors (Lipinski definition) is 3. The first-order valence-corrected chi connectivity index (χ1v) is 8.92. The normalized spacial score (nSPS) is 21.3. The Labute approximate surface area is 152 Å². The Morgan fingerprint density at radius 2 is 2.04 bits per heavy atom. The molecule has 0 bridgehead atoms. The number of hydrogen-bond donors (Lipinski definition) is 2. The van der Waals surface area contributed by atoms with Crippen LogP contribution in [0.3, 0.4) is 0 Å². The maximum Gasteiger partial charge on any atom is 0.274 e. The minimum absolute atomic E-state index is 0.172. The number of hydroxylamine groups is 1. The Hall–Kier alpha value is -2.66. The molecule has 1 aliphatic heterocycles. The lowest BCUT2D eigenvalue weighted by atomic mass is 9.83. The van der Waals surface area contributed by atoms with Crippen LogP contribution in [0.15, 0.2) is 42.5 Å². The van der Waals surface area contributed by atoms with E-state index in [1.807, 2.05) is 23.1 Å². The molecule has 2 aromatic carbocycles. The number of likely N-dealkylation sites (tertiary alicyclic amines) is 1. The van der Waals surface area contributed by atoms with Crippen LogP contribution in [0.5, 0.6) is 0 Å². The highest BCUT2D eigenvalue weighted by molar-refractivity contribution is 5.96. The van der Waals surface area contributed by atoms with E-state index >= 15 is 0 Å². The zero-order valence-electron chi connectivity index (χ0n) is 14.8. The van der Waals surface area contributed by atoms with Crippen molar-refractivity contribution < 1.29 is 14.8 Å². The number of amides is 2. The van der Waals surface area contributed by atoms with Gasteiger partial charge in [0.25, 0.3) is 5.91 Å². The predicted octanol–water partition coefficient (Wildman–Crippen LogP) is 2.63. The minimum atomic E-state index is -0.513. The van der Waals surface area contributed by atoms with Crippen molar-refractivity contribution >= 4 is 11.8 Å². The summed E-state index contributed by atoms with van der Waals surface area (Å²) in [5, 5.41) is 8.98. The molecule has 2 aliphatic rings. The van der Waals surface area contributed by atoms with Crippen molar-refractivity contribution in [3.05, 3.63) is 70.3 Å². The van der Waals surface area contributed by atoms with Crippen LogP contribution >= 0.6 is 0 Å². The fourth-order valence-electron chi connectivity index (χ4n) is 4.45. The van der Waals surface area contributed by atoms with Crippen LogP contribution in [-0.2, 0) is 24.2 Å². The van der Waals surface area contributed by atoms with Gasteiger partial charge < -0.3 is 4.90 Å². The molecule has 4 rings (SSSR count). The van der Waals surface area contributed by atoms with E-state index in [0.29, 0.717) is 24.9 Å². The number of benzene rings is 2. The van der Waals surface area contributed by atoms with E-state index in [1.54, 1.807) is 11.5 Å². The average molecular weight is 350 g/mol. The van der Waals surface area contributed by atoms with E-state index in [-0.39, 0.29) is 5.91 Å². The van der Waals surface area contributed by atoms with Crippen LogP contribution in [0.4, 0.5) is 0 Å². The largest absolute Gasteiger partial charge is 0.338 e. The fourth-order valence-corrected chi connectivity index (χ4v) is 4.45. The maximum absolute atomic E-state index is 13.2. The minimum Gasteiger partial charge on any atom is -0.338 e. The second-order valence-electron chi connectivity index (χ2n) is 7.48. The van der Waals surface area contributed by atoms with Crippen molar-refractivity contribution in [3.63, 3.8) is 0 Å². The summed E-state index contributed by atoms with van der Waals surface area (Å²) in [5.74, 6) is -0.341. The third kappa shape index (κ3) is 2.69. The molecule has 0 aromatic heterocycles. The molecule has 1 aliphatic carbocycles. The van der Waals surface area contributed by atoms with Gasteiger partial charge in [-0.1, -0.05) is 42.0 Å². The topological polar surface area (TPSA) is 69.6 Å². The molecular weight excluding hydrogens is 328 g/mol. The Morgan fingerprint density at radius 1 is 1.23 bits per heavy atom. The first kappa shape index (κ1) is 16.8. The van der Waals surface area contributed by atoms with Crippen molar-refractivity contribution in [2.24, 2.45) is 5.41 Å². The third-order valence-electron chi connectivity index (χ3n) is 5.72. The van der Waals surface area contributed by atoms with Crippen LogP contribution in [0.25, 0.3) is 0 Å². The van der Waals surface area contributed by atoms with Crippen molar-refractivity contribution in [3.8, 4) is 0 Å². The summed E-state index contributed by atoms with van der Waals surface area (Å²) < 4.78 is 0. The van der Waals surface area contributed by atoms with Crippen molar-refractivity contribution in [2.75, 3.05) is 6.54 Å². The molecular formula is C21H22N2O3. The van der Waals surface area contributed by atoms with Gasteiger partial charge in [0.15, 0.2) is 0 Å². The van der Waals surface area contributed by atoms with Crippen LogP contribution in [0.1, 0.15) is 39.0 Å². The summed E-state index contributed by atoms with van der Waals surface area (Å²) in [6, 6.07) is 13.7. The van der Waals surface area contributed by atoms with Crippen molar-refractivity contribution in [2.45, 2.75) is 32.7 Å². The van der Waals surface area contributed by atoms with Crippen LogP contribution < -0.4 is 5.48 Å². The molecule has 1 spiro atoms. The van der Waals surface area contributed by atoms with E-state index in [4.69, 9.17) is 5.21 Å². The van der Waals surface area contributed by atoms with Crippen LogP contribution in [0.2, 0.25) is 0 Å². The van der Waals surface area contributed by atoms with Gasteiger partial charge in [-0.15, -0.1) is 0 Å². The highest BCUT2D eigenvalue weighted by atomic mass is 16.5.